The lowest BCUT2D eigenvalue weighted by Gasteiger charge is -2.23. The molecule has 5 nitrogen and oxygen atoms in total. The SMILES string of the molecule is O=C(NCC1COCCO1)[C@@H]1Cc2ccccc2N1. The molecule has 0 bridgehead atoms. The molecule has 1 aromatic carbocycles. The van der Waals surface area contributed by atoms with Gasteiger partial charge in [-0.2, -0.15) is 0 Å². The van der Waals surface area contributed by atoms with Gasteiger partial charge in [0.1, 0.15) is 6.04 Å². The Balaban J connectivity index is 1.49. The molecule has 0 radical (unpaired) electrons. The minimum atomic E-state index is -0.179. The maximum absolute atomic E-state index is 12.1. The van der Waals surface area contributed by atoms with Crippen LogP contribution in [0.15, 0.2) is 24.3 Å². The second-order valence-electron chi connectivity index (χ2n) is 4.87. The van der Waals surface area contributed by atoms with Gasteiger partial charge in [0.25, 0.3) is 0 Å². The molecule has 1 unspecified atom stereocenters. The first kappa shape index (κ1) is 12.4. The van der Waals surface area contributed by atoms with Gasteiger partial charge >= 0.3 is 0 Å². The standard InChI is InChI=1S/C14H18N2O3/c17-14(15-8-11-9-18-5-6-19-11)13-7-10-3-1-2-4-12(10)16-13/h1-4,11,13,16H,5-9H2,(H,15,17)/t11?,13-/m0/s1. The van der Waals surface area contributed by atoms with Crippen molar-refractivity contribution in [3.8, 4) is 0 Å². The summed E-state index contributed by atoms with van der Waals surface area (Å²) in [5.74, 6) is 0.0189. The number of carbonyl (C=O) groups is 1. The fourth-order valence-corrected chi connectivity index (χ4v) is 2.45. The van der Waals surface area contributed by atoms with Gasteiger partial charge in [-0.3, -0.25) is 4.79 Å². The highest BCUT2D eigenvalue weighted by Gasteiger charge is 2.26. The molecule has 19 heavy (non-hydrogen) atoms. The number of benzene rings is 1. The van der Waals surface area contributed by atoms with Gasteiger partial charge < -0.3 is 20.1 Å². The summed E-state index contributed by atoms with van der Waals surface area (Å²) in [5.41, 5.74) is 2.25. The smallest absolute Gasteiger partial charge is 0.242 e. The molecule has 2 atom stereocenters. The lowest BCUT2D eigenvalue weighted by molar-refractivity contribution is -0.124. The number of nitrogens with one attached hydrogen (secondary N) is 2. The third-order valence-electron chi connectivity index (χ3n) is 3.48. The van der Waals surface area contributed by atoms with Gasteiger partial charge in [0.2, 0.25) is 5.91 Å². The van der Waals surface area contributed by atoms with E-state index in [1.165, 1.54) is 5.56 Å². The Labute approximate surface area is 112 Å². The van der Waals surface area contributed by atoms with E-state index in [1.807, 2.05) is 24.3 Å². The van der Waals surface area contributed by atoms with Crippen LogP contribution < -0.4 is 10.6 Å². The van der Waals surface area contributed by atoms with Crippen LogP contribution in [0.3, 0.4) is 0 Å². The van der Waals surface area contributed by atoms with Crippen molar-refractivity contribution in [2.24, 2.45) is 0 Å². The monoisotopic (exact) mass is 262 g/mol. The number of fused-ring (bicyclic) bond motifs is 1. The molecule has 1 amide bonds. The van der Waals surface area contributed by atoms with Gasteiger partial charge in [-0.25, -0.2) is 0 Å². The Hall–Kier alpha value is -1.59. The van der Waals surface area contributed by atoms with Crippen LogP contribution in [0.1, 0.15) is 5.56 Å². The molecule has 1 aromatic rings. The van der Waals surface area contributed by atoms with E-state index in [2.05, 4.69) is 10.6 Å². The van der Waals surface area contributed by atoms with Gasteiger partial charge in [-0.15, -0.1) is 0 Å². The van der Waals surface area contributed by atoms with Crippen molar-refractivity contribution in [1.82, 2.24) is 5.32 Å². The quantitative estimate of drug-likeness (QED) is 0.835. The maximum atomic E-state index is 12.1. The highest BCUT2D eigenvalue weighted by molar-refractivity contribution is 5.87. The second kappa shape index (κ2) is 5.59. The lowest BCUT2D eigenvalue weighted by atomic mass is 10.1. The van der Waals surface area contributed by atoms with E-state index in [9.17, 15) is 4.79 Å². The number of amides is 1. The number of rotatable bonds is 3. The highest BCUT2D eigenvalue weighted by Crippen LogP contribution is 2.24. The van der Waals surface area contributed by atoms with Crippen molar-refractivity contribution in [2.45, 2.75) is 18.6 Å². The highest BCUT2D eigenvalue weighted by atomic mass is 16.6. The van der Waals surface area contributed by atoms with Crippen LogP contribution in [0.2, 0.25) is 0 Å². The molecule has 0 saturated carbocycles. The number of carbonyl (C=O) groups excluding carboxylic acids is 1. The number of hydrogen-bond acceptors (Lipinski definition) is 4. The molecular formula is C14H18N2O3. The van der Waals surface area contributed by atoms with E-state index in [-0.39, 0.29) is 18.1 Å². The first-order valence-electron chi connectivity index (χ1n) is 6.64. The summed E-state index contributed by atoms with van der Waals surface area (Å²) in [5, 5.41) is 6.16. The Morgan fingerprint density at radius 3 is 3.05 bits per heavy atom. The molecule has 1 fully saturated rings. The van der Waals surface area contributed by atoms with Crippen LogP contribution in [0.25, 0.3) is 0 Å². The van der Waals surface area contributed by atoms with Crippen molar-refractivity contribution in [1.29, 1.82) is 0 Å². The molecule has 3 rings (SSSR count). The van der Waals surface area contributed by atoms with Crippen molar-refractivity contribution in [3.05, 3.63) is 29.8 Å². The van der Waals surface area contributed by atoms with Crippen LogP contribution >= 0.6 is 0 Å². The average molecular weight is 262 g/mol. The molecular weight excluding hydrogens is 244 g/mol. The van der Waals surface area contributed by atoms with Gasteiger partial charge in [0.15, 0.2) is 0 Å². The van der Waals surface area contributed by atoms with Gasteiger partial charge in [-0.05, 0) is 11.6 Å². The van der Waals surface area contributed by atoms with Gasteiger partial charge in [0.05, 0.1) is 25.9 Å². The van der Waals surface area contributed by atoms with Crippen molar-refractivity contribution >= 4 is 11.6 Å². The maximum Gasteiger partial charge on any atom is 0.242 e. The Kier molecular flexibility index (Phi) is 3.66. The summed E-state index contributed by atoms with van der Waals surface area (Å²) < 4.78 is 10.8. The number of ether oxygens (including phenoxy) is 2. The number of anilines is 1. The van der Waals surface area contributed by atoms with Gasteiger partial charge in [-0.1, -0.05) is 18.2 Å². The van der Waals surface area contributed by atoms with Crippen LogP contribution in [0.4, 0.5) is 5.69 Å². The third kappa shape index (κ3) is 2.88. The summed E-state index contributed by atoms with van der Waals surface area (Å²) >= 11 is 0. The van der Waals surface area contributed by atoms with Crippen LogP contribution in [-0.4, -0.2) is 44.4 Å². The molecule has 0 aromatic heterocycles. The molecule has 2 N–H and O–H groups in total. The van der Waals surface area contributed by atoms with Crippen molar-refractivity contribution < 1.29 is 14.3 Å². The normalized spacial score (nSPS) is 25.5. The summed E-state index contributed by atoms with van der Waals surface area (Å²) in [7, 11) is 0. The summed E-state index contributed by atoms with van der Waals surface area (Å²) in [6.45, 7) is 2.31. The zero-order chi connectivity index (χ0) is 13.1. The van der Waals surface area contributed by atoms with E-state index < -0.39 is 0 Å². The predicted molar refractivity (Wildman–Crippen MR) is 71.1 cm³/mol. The Morgan fingerprint density at radius 2 is 2.26 bits per heavy atom. The fraction of sp³-hybridized carbons (Fsp3) is 0.500. The third-order valence-corrected chi connectivity index (χ3v) is 3.48. The number of hydrogen-bond donors (Lipinski definition) is 2. The van der Waals surface area contributed by atoms with Crippen LogP contribution in [-0.2, 0) is 20.7 Å². The first-order chi connectivity index (χ1) is 9.33. The van der Waals surface area contributed by atoms with Crippen molar-refractivity contribution in [2.75, 3.05) is 31.7 Å². The largest absolute Gasteiger partial charge is 0.376 e. The van der Waals surface area contributed by atoms with E-state index in [1.54, 1.807) is 0 Å². The fourth-order valence-electron chi connectivity index (χ4n) is 2.45. The topological polar surface area (TPSA) is 59.6 Å². The van der Waals surface area contributed by atoms with Crippen molar-refractivity contribution in [3.63, 3.8) is 0 Å². The average Bonchev–Trinajstić information content (AvgIpc) is 2.90. The Bertz CT molecular complexity index is 433. The van der Waals surface area contributed by atoms with Crippen LogP contribution in [0, 0.1) is 0 Å². The molecule has 2 aliphatic rings. The zero-order valence-electron chi connectivity index (χ0n) is 10.7. The van der Waals surface area contributed by atoms with E-state index in [0.717, 1.165) is 12.1 Å². The lowest BCUT2D eigenvalue weighted by Crippen LogP contribution is -2.44. The van der Waals surface area contributed by atoms with E-state index in [4.69, 9.17) is 9.47 Å². The molecule has 2 aliphatic heterocycles. The summed E-state index contributed by atoms with van der Waals surface area (Å²) in [6.07, 6.45) is 0.714. The van der Waals surface area contributed by atoms with Gasteiger partial charge in [0, 0.05) is 18.7 Å². The molecule has 0 aliphatic carbocycles. The zero-order valence-corrected chi connectivity index (χ0v) is 10.7. The molecule has 102 valence electrons. The molecule has 5 heteroatoms. The predicted octanol–water partition coefficient (Wildman–Crippen LogP) is 0.555. The molecule has 1 saturated heterocycles. The molecule has 0 spiro atoms. The minimum absolute atomic E-state index is 0.0189. The Morgan fingerprint density at radius 1 is 1.37 bits per heavy atom. The van der Waals surface area contributed by atoms with Crippen LogP contribution in [0.5, 0.6) is 0 Å². The van der Waals surface area contributed by atoms with E-state index >= 15 is 0 Å². The first-order valence-corrected chi connectivity index (χ1v) is 6.64. The minimum Gasteiger partial charge on any atom is -0.376 e. The summed E-state index contributed by atoms with van der Waals surface area (Å²) in [6, 6.07) is 7.84. The molecule has 2 heterocycles. The summed E-state index contributed by atoms with van der Waals surface area (Å²) in [4.78, 5) is 12.1. The number of para-hydroxylation sites is 1. The van der Waals surface area contributed by atoms with E-state index in [0.29, 0.717) is 26.4 Å². The second-order valence-corrected chi connectivity index (χ2v) is 4.87.